The van der Waals surface area contributed by atoms with Crippen molar-refractivity contribution in [1.82, 2.24) is 9.80 Å². The Morgan fingerprint density at radius 3 is 2.17 bits per heavy atom. The van der Waals surface area contributed by atoms with Gasteiger partial charge >= 0.3 is 6.09 Å². The van der Waals surface area contributed by atoms with E-state index in [-0.39, 0.29) is 11.6 Å². The number of hydrogen-bond acceptors (Lipinski definition) is 4. The Labute approximate surface area is 110 Å². The van der Waals surface area contributed by atoms with Gasteiger partial charge in [0.25, 0.3) is 0 Å². The van der Waals surface area contributed by atoms with E-state index in [1.165, 1.54) is 0 Å². The third-order valence-corrected chi connectivity index (χ3v) is 3.44. The molecular weight excluding hydrogens is 230 g/mol. The Kier molecular flexibility index (Phi) is 4.61. The number of likely N-dealkylation sites (N-methyl/N-ethyl adjacent to an activating group) is 1. The van der Waals surface area contributed by atoms with E-state index in [4.69, 9.17) is 10.5 Å². The molecule has 0 unspecified atom stereocenters. The van der Waals surface area contributed by atoms with Crippen LogP contribution in [0.2, 0.25) is 0 Å². The maximum Gasteiger partial charge on any atom is 0.410 e. The van der Waals surface area contributed by atoms with Crippen LogP contribution >= 0.6 is 0 Å². The van der Waals surface area contributed by atoms with Crippen LogP contribution in [0, 0.1) is 0 Å². The molecule has 5 nitrogen and oxygen atoms in total. The van der Waals surface area contributed by atoms with Crippen molar-refractivity contribution in [1.29, 1.82) is 0 Å². The zero-order valence-electron chi connectivity index (χ0n) is 12.3. The lowest BCUT2D eigenvalue weighted by Crippen LogP contribution is -2.74. The minimum absolute atomic E-state index is 0.0552. The smallest absolute Gasteiger partial charge is 0.410 e. The number of nitrogens with zero attached hydrogens (tertiary/aromatic N) is 2. The van der Waals surface area contributed by atoms with E-state index in [1.807, 2.05) is 20.8 Å². The maximum absolute atomic E-state index is 11.9. The molecule has 0 aromatic heterocycles. The monoisotopic (exact) mass is 257 g/mol. The van der Waals surface area contributed by atoms with Gasteiger partial charge in [0, 0.05) is 19.6 Å². The average Bonchev–Trinajstić information content (AvgIpc) is 2.20. The fourth-order valence-corrected chi connectivity index (χ4v) is 2.47. The number of rotatable bonds is 4. The van der Waals surface area contributed by atoms with Crippen molar-refractivity contribution in [3.05, 3.63) is 0 Å². The first-order valence-electron chi connectivity index (χ1n) is 6.71. The normalized spacial score (nSPS) is 18.7. The highest BCUT2D eigenvalue weighted by atomic mass is 16.6. The lowest BCUT2D eigenvalue weighted by molar-refractivity contribution is -0.0572. The van der Waals surface area contributed by atoms with Crippen LogP contribution in [0.25, 0.3) is 0 Å². The molecule has 18 heavy (non-hydrogen) atoms. The van der Waals surface area contributed by atoms with E-state index in [0.29, 0.717) is 19.6 Å². The number of likely N-dealkylation sites (tertiary alicyclic amines) is 1. The van der Waals surface area contributed by atoms with Crippen molar-refractivity contribution in [3.8, 4) is 0 Å². The van der Waals surface area contributed by atoms with E-state index >= 15 is 0 Å². The van der Waals surface area contributed by atoms with Gasteiger partial charge in [0.1, 0.15) is 5.60 Å². The maximum atomic E-state index is 11.9. The van der Waals surface area contributed by atoms with Crippen LogP contribution in [-0.4, -0.2) is 59.8 Å². The number of carbonyl (C=O) groups is 1. The van der Waals surface area contributed by atoms with Crippen molar-refractivity contribution in [3.63, 3.8) is 0 Å². The third-order valence-electron chi connectivity index (χ3n) is 3.44. The molecule has 1 rings (SSSR count). The molecule has 1 aliphatic rings. The molecule has 1 heterocycles. The largest absolute Gasteiger partial charge is 0.444 e. The van der Waals surface area contributed by atoms with E-state index < -0.39 is 5.60 Å². The fourth-order valence-electron chi connectivity index (χ4n) is 2.47. The molecule has 0 spiro atoms. The van der Waals surface area contributed by atoms with Gasteiger partial charge in [-0.25, -0.2) is 4.79 Å². The molecule has 0 saturated carbocycles. The molecule has 0 aromatic carbocycles. The Morgan fingerprint density at radius 2 is 1.83 bits per heavy atom. The van der Waals surface area contributed by atoms with Gasteiger partial charge in [0.15, 0.2) is 0 Å². The summed E-state index contributed by atoms with van der Waals surface area (Å²) in [7, 11) is 0. The van der Waals surface area contributed by atoms with Crippen molar-refractivity contribution in [2.75, 3.05) is 32.7 Å². The predicted octanol–water partition coefficient (Wildman–Crippen LogP) is 1.28. The number of carbonyl (C=O) groups excluding carboxylic acids is 1. The number of amides is 1. The summed E-state index contributed by atoms with van der Waals surface area (Å²) >= 11 is 0. The van der Waals surface area contributed by atoms with Gasteiger partial charge in [-0.1, -0.05) is 13.8 Å². The van der Waals surface area contributed by atoms with E-state index in [1.54, 1.807) is 4.90 Å². The van der Waals surface area contributed by atoms with Gasteiger partial charge in [-0.15, -0.1) is 0 Å². The quantitative estimate of drug-likeness (QED) is 0.824. The van der Waals surface area contributed by atoms with Crippen molar-refractivity contribution in [2.24, 2.45) is 5.73 Å². The van der Waals surface area contributed by atoms with Crippen LogP contribution in [0.15, 0.2) is 0 Å². The summed E-state index contributed by atoms with van der Waals surface area (Å²) in [5, 5.41) is 0. The number of ether oxygens (including phenoxy) is 1. The summed E-state index contributed by atoms with van der Waals surface area (Å²) in [5.74, 6) is 0. The SMILES string of the molecule is CCN(CC)C1(CN)CN(C(=O)OC(C)(C)C)C1. The summed E-state index contributed by atoms with van der Waals surface area (Å²) < 4.78 is 5.35. The van der Waals surface area contributed by atoms with Gasteiger partial charge in [-0.05, 0) is 33.9 Å². The molecular formula is C13H27N3O2. The number of nitrogens with two attached hydrogens (primary N) is 1. The molecule has 1 aliphatic heterocycles. The second-order valence-corrected chi connectivity index (χ2v) is 5.94. The van der Waals surface area contributed by atoms with Crippen LogP contribution in [0.5, 0.6) is 0 Å². The zero-order chi connectivity index (χ0) is 14.0. The molecule has 106 valence electrons. The molecule has 0 bridgehead atoms. The summed E-state index contributed by atoms with van der Waals surface area (Å²) in [6, 6.07) is 0. The Hall–Kier alpha value is -0.810. The Balaban J connectivity index is 2.57. The van der Waals surface area contributed by atoms with Gasteiger partial charge < -0.3 is 15.4 Å². The van der Waals surface area contributed by atoms with E-state index in [0.717, 1.165) is 13.1 Å². The molecule has 0 aliphatic carbocycles. The second kappa shape index (κ2) is 5.45. The Morgan fingerprint density at radius 1 is 1.33 bits per heavy atom. The predicted molar refractivity (Wildman–Crippen MR) is 72.5 cm³/mol. The summed E-state index contributed by atoms with van der Waals surface area (Å²) in [6.07, 6.45) is -0.237. The van der Waals surface area contributed by atoms with Crippen LogP contribution in [0.3, 0.4) is 0 Å². The summed E-state index contributed by atoms with van der Waals surface area (Å²) in [6.45, 7) is 13.7. The van der Waals surface area contributed by atoms with Gasteiger partial charge in [-0.3, -0.25) is 4.90 Å². The highest BCUT2D eigenvalue weighted by Gasteiger charge is 2.48. The minimum atomic E-state index is -0.437. The lowest BCUT2D eigenvalue weighted by Gasteiger charge is -2.54. The topological polar surface area (TPSA) is 58.8 Å². The molecule has 1 amide bonds. The first-order chi connectivity index (χ1) is 8.28. The van der Waals surface area contributed by atoms with E-state index in [2.05, 4.69) is 18.7 Å². The third kappa shape index (κ3) is 3.14. The summed E-state index contributed by atoms with van der Waals surface area (Å²) in [5.41, 5.74) is 5.40. The first-order valence-corrected chi connectivity index (χ1v) is 6.71. The fraction of sp³-hybridized carbons (Fsp3) is 0.923. The van der Waals surface area contributed by atoms with Crippen LogP contribution in [-0.2, 0) is 4.74 Å². The van der Waals surface area contributed by atoms with E-state index in [9.17, 15) is 4.79 Å². The highest BCUT2D eigenvalue weighted by molar-refractivity contribution is 5.69. The molecule has 0 radical (unpaired) electrons. The molecule has 1 saturated heterocycles. The standard InChI is InChI=1S/C13H27N3O2/c1-6-16(7-2)13(8-14)9-15(10-13)11(17)18-12(3,4)5/h6-10,14H2,1-5H3. The van der Waals surface area contributed by atoms with Gasteiger partial charge in [0.2, 0.25) is 0 Å². The molecule has 2 N–H and O–H groups in total. The molecule has 1 fully saturated rings. The Bertz CT molecular complexity index is 289. The first kappa shape index (κ1) is 15.2. The molecule has 5 heteroatoms. The zero-order valence-corrected chi connectivity index (χ0v) is 12.3. The minimum Gasteiger partial charge on any atom is -0.444 e. The van der Waals surface area contributed by atoms with Gasteiger partial charge in [-0.2, -0.15) is 0 Å². The van der Waals surface area contributed by atoms with Crippen molar-refractivity contribution < 1.29 is 9.53 Å². The molecule has 0 aromatic rings. The van der Waals surface area contributed by atoms with Crippen LogP contribution < -0.4 is 5.73 Å². The second-order valence-electron chi connectivity index (χ2n) is 5.94. The van der Waals surface area contributed by atoms with Crippen molar-refractivity contribution >= 4 is 6.09 Å². The average molecular weight is 257 g/mol. The highest BCUT2D eigenvalue weighted by Crippen LogP contribution is 2.28. The molecule has 0 atom stereocenters. The van der Waals surface area contributed by atoms with Gasteiger partial charge in [0.05, 0.1) is 5.54 Å². The number of hydrogen-bond donors (Lipinski definition) is 1. The summed E-state index contributed by atoms with van der Waals surface area (Å²) in [4.78, 5) is 15.9. The lowest BCUT2D eigenvalue weighted by atomic mass is 9.88. The van der Waals surface area contributed by atoms with Crippen molar-refractivity contribution in [2.45, 2.75) is 45.8 Å². The van der Waals surface area contributed by atoms with Crippen LogP contribution in [0.1, 0.15) is 34.6 Å². The van der Waals surface area contributed by atoms with Crippen LogP contribution in [0.4, 0.5) is 4.79 Å².